The van der Waals surface area contributed by atoms with Crippen molar-refractivity contribution in [2.75, 3.05) is 18.5 Å². The van der Waals surface area contributed by atoms with Crippen molar-refractivity contribution in [3.05, 3.63) is 52.3 Å². The number of benzene rings is 1. The van der Waals surface area contributed by atoms with E-state index < -0.39 is 0 Å². The van der Waals surface area contributed by atoms with Crippen LogP contribution in [0, 0.1) is 13.8 Å². The summed E-state index contributed by atoms with van der Waals surface area (Å²) in [6.45, 7) is 5.16. The Kier molecular flexibility index (Phi) is 6.40. The third kappa shape index (κ3) is 5.25. The fourth-order valence-electron chi connectivity index (χ4n) is 2.12. The van der Waals surface area contributed by atoms with Gasteiger partial charge in [-0.05, 0) is 53.4 Å². The lowest BCUT2D eigenvalue weighted by Gasteiger charge is -2.12. The molecule has 5 nitrogen and oxygen atoms in total. The number of amides is 2. The van der Waals surface area contributed by atoms with Gasteiger partial charge in [-0.1, -0.05) is 18.2 Å². The van der Waals surface area contributed by atoms with Crippen LogP contribution in [0.25, 0.3) is 0 Å². The quantitative estimate of drug-likeness (QED) is 0.746. The average Bonchev–Trinajstić information content (AvgIpc) is 2.52. The van der Waals surface area contributed by atoms with Gasteiger partial charge in [-0.15, -0.1) is 0 Å². The lowest BCUT2D eigenvalue weighted by Crippen LogP contribution is -2.30. The fourth-order valence-corrected chi connectivity index (χ4v) is 2.47. The predicted molar refractivity (Wildman–Crippen MR) is 95.0 cm³/mol. The summed E-state index contributed by atoms with van der Waals surface area (Å²) in [5.74, 6) is 0.928. The number of nitrogens with zero attached hydrogens (tertiary/aromatic N) is 1. The zero-order valence-corrected chi connectivity index (χ0v) is 14.8. The van der Waals surface area contributed by atoms with Crippen molar-refractivity contribution >= 4 is 27.6 Å². The van der Waals surface area contributed by atoms with Gasteiger partial charge in [0.1, 0.15) is 5.75 Å². The van der Waals surface area contributed by atoms with Crippen LogP contribution in [0.4, 0.5) is 10.5 Å². The van der Waals surface area contributed by atoms with E-state index in [9.17, 15) is 4.79 Å². The van der Waals surface area contributed by atoms with E-state index in [0.717, 1.165) is 27.8 Å². The summed E-state index contributed by atoms with van der Waals surface area (Å²) in [5, 5.41) is 5.56. The van der Waals surface area contributed by atoms with Gasteiger partial charge in [0.25, 0.3) is 0 Å². The average molecular weight is 378 g/mol. The molecule has 0 saturated heterocycles. The highest BCUT2D eigenvalue weighted by Gasteiger charge is 2.05. The molecule has 2 N–H and O–H groups in total. The second kappa shape index (κ2) is 8.53. The van der Waals surface area contributed by atoms with Crippen LogP contribution >= 0.6 is 15.9 Å². The van der Waals surface area contributed by atoms with Crippen molar-refractivity contribution in [2.24, 2.45) is 0 Å². The first-order valence-electron chi connectivity index (χ1n) is 7.41. The van der Waals surface area contributed by atoms with Crippen LogP contribution in [-0.2, 0) is 0 Å². The first-order chi connectivity index (χ1) is 11.1. The number of hydrogen-bond acceptors (Lipinski definition) is 3. The third-order valence-electron chi connectivity index (χ3n) is 3.28. The lowest BCUT2D eigenvalue weighted by atomic mass is 10.1. The number of carbonyl (C=O) groups excluding carboxylic acids is 1. The molecular weight excluding hydrogens is 358 g/mol. The number of halogens is 1. The summed E-state index contributed by atoms with van der Waals surface area (Å²) in [4.78, 5) is 15.7. The molecule has 2 amide bonds. The Morgan fingerprint density at radius 3 is 2.70 bits per heavy atom. The Balaban J connectivity index is 1.69. The Labute approximate surface area is 144 Å². The van der Waals surface area contributed by atoms with Crippen molar-refractivity contribution in [3.8, 4) is 5.75 Å². The number of carbonyl (C=O) groups is 1. The molecule has 0 aliphatic carbocycles. The van der Waals surface area contributed by atoms with Crippen molar-refractivity contribution in [2.45, 2.75) is 20.3 Å². The molecule has 0 fully saturated rings. The van der Waals surface area contributed by atoms with E-state index in [1.165, 1.54) is 0 Å². The molecule has 1 aromatic carbocycles. The van der Waals surface area contributed by atoms with Crippen LogP contribution < -0.4 is 15.4 Å². The van der Waals surface area contributed by atoms with Gasteiger partial charge in [0.2, 0.25) is 0 Å². The second-order valence-electron chi connectivity index (χ2n) is 5.16. The molecule has 0 spiro atoms. The number of rotatable bonds is 6. The van der Waals surface area contributed by atoms with E-state index in [1.807, 2.05) is 32.0 Å². The van der Waals surface area contributed by atoms with E-state index in [-0.39, 0.29) is 6.03 Å². The van der Waals surface area contributed by atoms with Crippen molar-refractivity contribution in [1.82, 2.24) is 10.3 Å². The van der Waals surface area contributed by atoms with Crippen LogP contribution in [0.5, 0.6) is 5.75 Å². The number of aromatic nitrogens is 1. The molecule has 1 aromatic heterocycles. The molecule has 1 heterocycles. The second-order valence-corrected chi connectivity index (χ2v) is 6.01. The molecule has 122 valence electrons. The minimum Gasteiger partial charge on any atom is -0.493 e. The monoisotopic (exact) mass is 377 g/mol. The third-order valence-corrected chi connectivity index (χ3v) is 3.91. The number of urea groups is 1. The van der Waals surface area contributed by atoms with Gasteiger partial charge in [0.05, 0.1) is 16.8 Å². The normalized spacial score (nSPS) is 10.2. The number of pyridine rings is 1. The van der Waals surface area contributed by atoms with E-state index in [4.69, 9.17) is 4.74 Å². The minimum atomic E-state index is -0.246. The van der Waals surface area contributed by atoms with Crippen LogP contribution in [0.2, 0.25) is 0 Å². The van der Waals surface area contributed by atoms with Gasteiger partial charge in [-0.3, -0.25) is 4.98 Å². The van der Waals surface area contributed by atoms with E-state index >= 15 is 0 Å². The molecule has 0 radical (unpaired) electrons. The van der Waals surface area contributed by atoms with Gasteiger partial charge in [-0.25, -0.2) is 4.79 Å². The first-order valence-corrected chi connectivity index (χ1v) is 8.20. The Morgan fingerprint density at radius 2 is 2.00 bits per heavy atom. The summed E-state index contributed by atoms with van der Waals surface area (Å²) in [6, 6.07) is 7.55. The molecule has 0 unspecified atom stereocenters. The summed E-state index contributed by atoms with van der Waals surface area (Å²) in [6.07, 6.45) is 3.99. The molecular formula is C17H20BrN3O2. The van der Waals surface area contributed by atoms with Gasteiger partial charge >= 0.3 is 6.03 Å². The van der Waals surface area contributed by atoms with Crippen molar-refractivity contribution < 1.29 is 9.53 Å². The molecule has 2 aromatic rings. The number of para-hydroxylation sites is 1. The van der Waals surface area contributed by atoms with Crippen LogP contribution in [-0.4, -0.2) is 24.2 Å². The number of hydrogen-bond donors (Lipinski definition) is 2. The summed E-state index contributed by atoms with van der Waals surface area (Å²) < 4.78 is 6.54. The molecule has 0 aliphatic heterocycles. The molecule has 23 heavy (non-hydrogen) atoms. The SMILES string of the molecule is Cc1cccc(C)c1OCCCNC(=O)Nc1ccncc1Br. The lowest BCUT2D eigenvalue weighted by molar-refractivity contribution is 0.250. The van der Waals surface area contributed by atoms with Gasteiger partial charge in [0, 0.05) is 18.9 Å². The summed E-state index contributed by atoms with van der Waals surface area (Å²) >= 11 is 3.33. The minimum absolute atomic E-state index is 0.246. The molecule has 2 rings (SSSR count). The largest absolute Gasteiger partial charge is 0.493 e. The maximum Gasteiger partial charge on any atom is 0.319 e. The van der Waals surface area contributed by atoms with E-state index in [1.54, 1.807) is 18.5 Å². The van der Waals surface area contributed by atoms with Crippen LogP contribution in [0.1, 0.15) is 17.5 Å². The highest BCUT2D eigenvalue weighted by molar-refractivity contribution is 9.10. The predicted octanol–water partition coefficient (Wildman–Crippen LogP) is 4.05. The van der Waals surface area contributed by atoms with Gasteiger partial charge < -0.3 is 15.4 Å². The molecule has 0 atom stereocenters. The van der Waals surface area contributed by atoms with Crippen LogP contribution in [0.15, 0.2) is 41.1 Å². The zero-order valence-electron chi connectivity index (χ0n) is 13.2. The van der Waals surface area contributed by atoms with Gasteiger partial charge in [-0.2, -0.15) is 0 Å². The smallest absolute Gasteiger partial charge is 0.319 e. The van der Waals surface area contributed by atoms with E-state index in [0.29, 0.717) is 18.8 Å². The number of anilines is 1. The standard InChI is InChI=1S/C17H20BrN3O2/c1-12-5-3-6-13(2)16(12)23-10-4-8-20-17(22)21-15-7-9-19-11-14(15)18/h3,5-7,9,11H,4,8,10H2,1-2H3,(H2,19,20,21,22). The fraction of sp³-hybridized carbons (Fsp3) is 0.294. The highest BCUT2D eigenvalue weighted by atomic mass is 79.9. The molecule has 6 heteroatoms. The number of nitrogens with one attached hydrogen (secondary N) is 2. The summed E-state index contributed by atoms with van der Waals surface area (Å²) in [5.41, 5.74) is 2.93. The van der Waals surface area contributed by atoms with Crippen molar-refractivity contribution in [1.29, 1.82) is 0 Å². The highest BCUT2D eigenvalue weighted by Crippen LogP contribution is 2.22. The summed E-state index contributed by atoms with van der Waals surface area (Å²) in [7, 11) is 0. The van der Waals surface area contributed by atoms with Crippen molar-refractivity contribution in [3.63, 3.8) is 0 Å². The Morgan fingerprint density at radius 1 is 1.26 bits per heavy atom. The molecule has 0 saturated carbocycles. The number of aryl methyl sites for hydroxylation is 2. The Bertz CT molecular complexity index is 656. The molecule has 0 bridgehead atoms. The maximum atomic E-state index is 11.8. The number of ether oxygens (including phenoxy) is 1. The topological polar surface area (TPSA) is 63.2 Å². The first kappa shape index (κ1) is 17.3. The van der Waals surface area contributed by atoms with Crippen LogP contribution in [0.3, 0.4) is 0 Å². The van der Waals surface area contributed by atoms with Gasteiger partial charge in [0.15, 0.2) is 0 Å². The Hall–Kier alpha value is -2.08. The zero-order chi connectivity index (χ0) is 16.7. The maximum absolute atomic E-state index is 11.8. The molecule has 0 aliphatic rings. The van der Waals surface area contributed by atoms with E-state index in [2.05, 4.69) is 31.5 Å².